The summed E-state index contributed by atoms with van der Waals surface area (Å²) in [6.07, 6.45) is 1.99. The summed E-state index contributed by atoms with van der Waals surface area (Å²) in [7, 11) is 2.05. The van der Waals surface area contributed by atoms with Gasteiger partial charge in [-0.3, -0.25) is 4.79 Å². The summed E-state index contributed by atoms with van der Waals surface area (Å²) in [5.74, 6) is 1.26. The minimum absolute atomic E-state index is 0.00738. The number of fused-ring (bicyclic) bond motifs is 1. The number of hydrogen-bond donors (Lipinski definition) is 0. The molecule has 1 amide bonds. The predicted molar refractivity (Wildman–Crippen MR) is 105 cm³/mol. The van der Waals surface area contributed by atoms with Crippen molar-refractivity contribution in [1.29, 1.82) is 0 Å². The number of halogens is 2. The van der Waals surface area contributed by atoms with Gasteiger partial charge in [-0.15, -0.1) is 0 Å². The SMILES string of the molecule is Cn1c(C2CCCN(C(=O)c3ccc(Cl)c(Cl)c3)C2)nc2ccccc21. The van der Waals surface area contributed by atoms with Crippen LogP contribution in [0.1, 0.15) is 34.9 Å². The van der Waals surface area contributed by atoms with E-state index >= 15 is 0 Å². The van der Waals surface area contributed by atoms with Gasteiger partial charge in [0.2, 0.25) is 0 Å². The standard InChI is InChI=1S/C20H19Cl2N3O/c1-24-18-7-3-2-6-17(18)23-19(24)14-5-4-10-25(12-14)20(26)13-8-9-15(21)16(22)11-13/h2-3,6-9,11,14H,4-5,10,12H2,1H3. The summed E-state index contributed by atoms with van der Waals surface area (Å²) in [5.41, 5.74) is 2.69. The van der Waals surface area contributed by atoms with Crippen molar-refractivity contribution in [1.82, 2.24) is 14.5 Å². The Kier molecular flexibility index (Phi) is 4.63. The van der Waals surface area contributed by atoms with Crippen LogP contribution < -0.4 is 0 Å². The van der Waals surface area contributed by atoms with Crippen LogP contribution in [0.2, 0.25) is 10.0 Å². The predicted octanol–water partition coefficient (Wildman–Crippen LogP) is 4.90. The fraction of sp³-hybridized carbons (Fsp3) is 0.300. The first-order valence-corrected chi connectivity index (χ1v) is 9.46. The normalized spacial score (nSPS) is 17.7. The Morgan fingerprint density at radius 3 is 2.73 bits per heavy atom. The fourth-order valence-corrected chi connectivity index (χ4v) is 4.01. The Morgan fingerprint density at radius 1 is 1.15 bits per heavy atom. The summed E-state index contributed by atoms with van der Waals surface area (Å²) in [5, 5.41) is 0.862. The van der Waals surface area contributed by atoms with Gasteiger partial charge in [-0.25, -0.2) is 4.98 Å². The summed E-state index contributed by atoms with van der Waals surface area (Å²) < 4.78 is 2.15. The molecular weight excluding hydrogens is 369 g/mol. The molecule has 1 saturated heterocycles. The third-order valence-corrected chi connectivity index (χ3v) is 5.80. The number of rotatable bonds is 2. The zero-order chi connectivity index (χ0) is 18.3. The van der Waals surface area contributed by atoms with Crippen LogP contribution in [0.15, 0.2) is 42.5 Å². The first-order chi connectivity index (χ1) is 12.5. The lowest BCUT2D eigenvalue weighted by molar-refractivity contribution is 0.0704. The number of amides is 1. The average Bonchev–Trinajstić information content (AvgIpc) is 3.00. The highest BCUT2D eigenvalue weighted by molar-refractivity contribution is 6.42. The summed E-state index contributed by atoms with van der Waals surface area (Å²) in [4.78, 5) is 19.6. The van der Waals surface area contributed by atoms with E-state index in [1.165, 1.54) is 0 Å². The molecule has 1 unspecified atom stereocenters. The Balaban J connectivity index is 1.59. The lowest BCUT2D eigenvalue weighted by Crippen LogP contribution is -2.39. The van der Waals surface area contributed by atoms with Gasteiger partial charge in [0.05, 0.1) is 21.1 Å². The molecule has 0 radical (unpaired) electrons. The molecular formula is C20H19Cl2N3O. The van der Waals surface area contributed by atoms with Crippen molar-refractivity contribution in [3.8, 4) is 0 Å². The zero-order valence-corrected chi connectivity index (χ0v) is 16.0. The number of carbonyl (C=O) groups is 1. The van der Waals surface area contributed by atoms with Crippen molar-refractivity contribution in [2.24, 2.45) is 7.05 Å². The van der Waals surface area contributed by atoms with Crippen LogP contribution in [0.4, 0.5) is 0 Å². The van der Waals surface area contributed by atoms with Crippen LogP contribution in [0, 0.1) is 0 Å². The quantitative estimate of drug-likeness (QED) is 0.626. The molecule has 0 aliphatic carbocycles. The van der Waals surface area contributed by atoms with E-state index < -0.39 is 0 Å². The van der Waals surface area contributed by atoms with Gasteiger partial charge in [-0.1, -0.05) is 35.3 Å². The number of imidazole rings is 1. The van der Waals surface area contributed by atoms with Gasteiger partial charge in [-0.05, 0) is 43.2 Å². The maximum atomic E-state index is 12.9. The minimum Gasteiger partial charge on any atom is -0.338 e. The molecule has 0 bridgehead atoms. The molecule has 1 aromatic heterocycles. The number of benzene rings is 2. The number of para-hydroxylation sites is 2. The fourth-order valence-electron chi connectivity index (χ4n) is 3.71. The number of piperidine rings is 1. The summed E-state index contributed by atoms with van der Waals surface area (Å²) in [6.45, 7) is 1.41. The number of aryl methyl sites for hydroxylation is 1. The molecule has 0 saturated carbocycles. The molecule has 0 N–H and O–H groups in total. The molecule has 4 rings (SSSR count). The van der Waals surface area contributed by atoms with E-state index in [0.717, 1.165) is 36.2 Å². The number of carbonyl (C=O) groups excluding carboxylic acids is 1. The van der Waals surface area contributed by atoms with Crippen LogP contribution in [0.3, 0.4) is 0 Å². The number of nitrogens with zero attached hydrogens (tertiary/aromatic N) is 3. The number of aromatic nitrogens is 2. The molecule has 6 heteroatoms. The van der Waals surface area contributed by atoms with Gasteiger partial charge in [0, 0.05) is 31.6 Å². The van der Waals surface area contributed by atoms with Crippen LogP contribution >= 0.6 is 23.2 Å². The molecule has 134 valence electrons. The van der Waals surface area contributed by atoms with Crippen molar-refractivity contribution in [2.75, 3.05) is 13.1 Å². The second-order valence-corrected chi connectivity index (χ2v) is 7.55. The molecule has 26 heavy (non-hydrogen) atoms. The van der Waals surface area contributed by atoms with Gasteiger partial charge >= 0.3 is 0 Å². The third-order valence-electron chi connectivity index (χ3n) is 5.06. The van der Waals surface area contributed by atoms with Crippen LogP contribution in [0.25, 0.3) is 11.0 Å². The minimum atomic E-state index is -0.00738. The van der Waals surface area contributed by atoms with Crippen LogP contribution in [-0.2, 0) is 7.05 Å². The lowest BCUT2D eigenvalue weighted by atomic mass is 9.96. The maximum absolute atomic E-state index is 12.9. The van der Waals surface area contributed by atoms with Crippen molar-refractivity contribution in [3.05, 3.63) is 63.9 Å². The number of likely N-dealkylation sites (tertiary alicyclic amines) is 1. The molecule has 0 spiro atoms. The second-order valence-electron chi connectivity index (χ2n) is 6.74. The maximum Gasteiger partial charge on any atom is 0.253 e. The van der Waals surface area contributed by atoms with E-state index in [2.05, 4.69) is 10.6 Å². The van der Waals surface area contributed by atoms with E-state index in [0.29, 0.717) is 22.2 Å². The largest absolute Gasteiger partial charge is 0.338 e. The van der Waals surface area contributed by atoms with E-state index in [4.69, 9.17) is 28.2 Å². The smallest absolute Gasteiger partial charge is 0.253 e. The third kappa shape index (κ3) is 3.08. The Morgan fingerprint density at radius 2 is 1.96 bits per heavy atom. The Hall–Kier alpha value is -2.04. The van der Waals surface area contributed by atoms with Gasteiger partial charge in [0.1, 0.15) is 5.82 Å². The van der Waals surface area contributed by atoms with Gasteiger partial charge in [-0.2, -0.15) is 0 Å². The molecule has 1 aliphatic rings. The van der Waals surface area contributed by atoms with Crippen LogP contribution in [0.5, 0.6) is 0 Å². The topological polar surface area (TPSA) is 38.1 Å². The lowest BCUT2D eigenvalue weighted by Gasteiger charge is -2.32. The molecule has 3 aromatic rings. The van der Waals surface area contributed by atoms with Crippen molar-refractivity contribution < 1.29 is 4.79 Å². The first kappa shape index (κ1) is 17.4. The van der Waals surface area contributed by atoms with Crippen molar-refractivity contribution >= 4 is 40.1 Å². The van der Waals surface area contributed by atoms with E-state index in [9.17, 15) is 4.79 Å². The molecule has 1 fully saturated rings. The highest BCUT2D eigenvalue weighted by atomic mass is 35.5. The molecule has 2 heterocycles. The molecule has 2 aromatic carbocycles. The van der Waals surface area contributed by atoms with E-state index in [1.807, 2.05) is 30.1 Å². The monoisotopic (exact) mass is 387 g/mol. The van der Waals surface area contributed by atoms with E-state index in [-0.39, 0.29) is 11.8 Å². The molecule has 1 atom stereocenters. The van der Waals surface area contributed by atoms with Crippen LogP contribution in [-0.4, -0.2) is 33.4 Å². The second kappa shape index (κ2) is 6.93. The number of hydrogen-bond acceptors (Lipinski definition) is 2. The van der Waals surface area contributed by atoms with Gasteiger partial charge in [0.15, 0.2) is 0 Å². The Bertz CT molecular complexity index is 982. The molecule has 1 aliphatic heterocycles. The first-order valence-electron chi connectivity index (χ1n) is 8.70. The Labute approximate surface area is 162 Å². The van der Waals surface area contributed by atoms with Gasteiger partial charge in [0.25, 0.3) is 5.91 Å². The zero-order valence-electron chi connectivity index (χ0n) is 14.5. The van der Waals surface area contributed by atoms with Crippen molar-refractivity contribution in [3.63, 3.8) is 0 Å². The average molecular weight is 388 g/mol. The van der Waals surface area contributed by atoms with Gasteiger partial charge < -0.3 is 9.47 Å². The summed E-state index contributed by atoms with van der Waals surface area (Å²) >= 11 is 12.0. The highest BCUT2D eigenvalue weighted by Crippen LogP contribution is 2.30. The highest BCUT2D eigenvalue weighted by Gasteiger charge is 2.28. The van der Waals surface area contributed by atoms with Crippen molar-refractivity contribution in [2.45, 2.75) is 18.8 Å². The van der Waals surface area contributed by atoms with E-state index in [1.54, 1.807) is 18.2 Å². The molecule has 4 nitrogen and oxygen atoms in total. The summed E-state index contributed by atoms with van der Waals surface area (Å²) in [6, 6.07) is 13.2.